The average molecular weight is 723 g/mol. The van der Waals surface area contributed by atoms with Crippen LogP contribution in [0.15, 0.2) is 84.9 Å². The molecule has 4 aromatic rings. The topological polar surface area (TPSA) is 166 Å². The zero-order valence-electron chi connectivity index (χ0n) is 30.6. The first-order valence-corrected chi connectivity index (χ1v) is 18.2. The van der Waals surface area contributed by atoms with Gasteiger partial charge in [-0.05, 0) is 61.5 Å². The van der Waals surface area contributed by atoms with Gasteiger partial charge < -0.3 is 41.3 Å². The highest BCUT2D eigenvalue weighted by molar-refractivity contribution is 6.01. The van der Waals surface area contributed by atoms with Crippen LogP contribution < -0.4 is 26.4 Å². The molecule has 0 unspecified atom stereocenters. The third-order valence-corrected chi connectivity index (χ3v) is 9.57. The number of ether oxygens (including phenoxy) is 1. The quantitative estimate of drug-likeness (QED) is 0.0802. The largest absolute Gasteiger partial charge is 0.488 e. The minimum atomic E-state index is -0.496. The number of rotatable bonds is 13. The summed E-state index contributed by atoms with van der Waals surface area (Å²) >= 11 is 0. The third kappa shape index (κ3) is 10.5. The Kier molecular flexibility index (Phi) is 13.3. The van der Waals surface area contributed by atoms with Crippen molar-refractivity contribution in [1.82, 2.24) is 9.80 Å². The first kappa shape index (κ1) is 38.6. The van der Waals surface area contributed by atoms with Gasteiger partial charge in [-0.15, -0.1) is 0 Å². The molecule has 1 aliphatic heterocycles. The lowest BCUT2D eigenvalue weighted by molar-refractivity contribution is -0.134. The number of anilines is 4. The number of nitrogens with one attached hydrogen (secondary N) is 3. The first-order valence-electron chi connectivity index (χ1n) is 18.2. The number of carbonyl (C=O) groups is 4. The molecule has 1 heterocycles. The number of urea groups is 1. The minimum absolute atomic E-state index is 0.0108. The molecule has 280 valence electrons. The maximum atomic E-state index is 13.6. The molecule has 0 fully saturated rings. The van der Waals surface area contributed by atoms with Gasteiger partial charge in [0.1, 0.15) is 11.9 Å². The van der Waals surface area contributed by atoms with E-state index in [0.29, 0.717) is 66.3 Å². The Morgan fingerprint density at radius 1 is 0.906 bits per heavy atom. The highest BCUT2D eigenvalue weighted by atomic mass is 16.5. The number of aliphatic hydroxyl groups excluding tert-OH is 1. The van der Waals surface area contributed by atoms with E-state index in [0.717, 1.165) is 10.8 Å². The number of unbranched alkanes of at least 4 members (excludes halogenated alkanes) is 2. The second-order valence-electron chi connectivity index (χ2n) is 13.8. The molecule has 5 rings (SSSR count). The van der Waals surface area contributed by atoms with Crippen molar-refractivity contribution in [3.8, 4) is 5.75 Å². The Balaban J connectivity index is 1.21. The average Bonchev–Trinajstić information content (AvgIpc) is 3.19. The fraction of sp³-hybridized carbons (Fsp3) is 0.366. The summed E-state index contributed by atoms with van der Waals surface area (Å²) in [5.74, 6) is -0.185. The smallest absolute Gasteiger partial charge is 0.321 e. The number of nitrogens with two attached hydrogens (primary N) is 1. The molecule has 53 heavy (non-hydrogen) atoms. The summed E-state index contributed by atoms with van der Waals surface area (Å²) in [5, 5.41) is 20.7. The van der Waals surface area contributed by atoms with Gasteiger partial charge >= 0.3 is 6.03 Å². The zero-order valence-corrected chi connectivity index (χ0v) is 30.6. The number of fused-ring (bicyclic) bond motifs is 2. The summed E-state index contributed by atoms with van der Waals surface area (Å²) < 4.78 is 6.58. The van der Waals surface area contributed by atoms with Crippen LogP contribution >= 0.6 is 0 Å². The highest BCUT2D eigenvalue weighted by Crippen LogP contribution is 2.30. The summed E-state index contributed by atoms with van der Waals surface area (Å²) in [6.45, 7) is 4.12. The maximum absolute atomic E-state index is 13.6. The van der Waals surface area contributed by atoms with Crippen molar-refractivity contribution in [2.24, 2.45) is 5.92 Å². The van der Waals surface area contributed by atoms with Crippen molar-refractivity contribution >= 4 is 57.3 Å². The highest BCUT2D eigenvalue weighted by Gasteiger charge is 2.32. The van der Waals surface area contributed by atoms with Crippen LogP contribution in [-0.2, 0) is 20.8 Å². The summed E-state index contributed by atoms with van der Waals surface area (Å²) in [6, 6.07) is 25.2. The van der Waals surface area contributed by atoms with E-state index in [1.807, 2.05) is 55.5 Å². The van der Waals surface area contributed by atoms with E-state index in [1.165, 1.54) is 0 Å². The summed E-state index contributed by atoms with van der Waals surface area (Å²) in [4.78, 5) is 55.5. The number of carbonyl (C=O) groups excluding carboxylic acids is 4. The molecule has 6 N–H and O–H groups in total. The number of para-hydroxylation sites is 2. The van der Waals surface area contributed by atoms with E-state index in [4.69, 9.17) is 10.5 Å². The van der Waals surface area contributed by atoms with Crippen molar-refractivity contribution in [3.63, 3.8) is 0 Å². The van der Waals surface area contributed by atoms with Gasteiger partial charge in [0.2, 0.25) is 17.7 Å². The number of nitrogens with zero attached hydrogens (tertiary/aromatic N) is 2. The second-order valence-corrected chi connectivity index (χ2v) is 13.8. The Hall–Kier alpha value is -5.62. The summed E-state index contributed by atoms with van der Waals surface area (Å²) in [5.41, 5.74) is 8.82. The molecule has 5 amide bonds. The van der Waals surface area contributed by atoms with Crippen LogP contribution in [0.1, 0.15) is 51.5 Å². The van der Waals surface area contributed by atoms with Gasteiger partial charge in [-0.25, -0.2) is 4.79 Å². The number of aliphatic hydroxyl groups is 1. The molecule has 0 aromatic heterocycles. The SMILES string of the molecule is C[C@@H]1CN([C@@H](C)CO)C(=O)Cc2cc(NC(=O)CCCCCC(=O)Nc3ccccc3N)ccc2O[C@@H]1CN(C)C(=O)Nc1cccc2ccccc12. The van der Waals surface area contributed by atoms with Crippen molar-refractivity contribution in [3.05, 3.63) is 90.5 Å². The Morgan fingerprint density at radius 2 is 1.58 bits per heavy atom. The van der Waals surface area contributed by atoms with Gasteiger partial charge in [-0.3, -0.25) is 14.4 Å². The molecule has 1 aliphatic rings. The molecule has 12 nitrogen and oxygen atoms in total. The van der Waals surface area contributed by atoms with E-state index >= 15 is 0 Å². The molecular formula is C41H50N6O6. The minimum Gasteiger partial charge on any atom is -0.488 e. The Bertz CT molecular complexity index is 1910. The molecule has 0 radical (unpaired) electrons. The monoisotopic (exact) mass is 722 g/mol. The zero-order chi connectivity index (χ0) is 37.9. The maximum Gasteiger partial charge on any atom is 0.321 e. The van der Waals surface area contributed by atoms with Crippen molar-refractivity contribution in [2.75, 3.05) is 48.4 Å². The van der Waals surface area contributed by atoms with Crippen molar-refractivity contribution in [2.45, 2.75) is 64.5 Å². The van der Waals surface area contributed by atoms with Crippen LogP contribution in [0.3, 0.4) is 0 Å². The Labute approximate surface area is 310 Å². The molecule has 12 heteroatoms. The van der Waals surface area contributed by atoms with Crippen LogP contribution in [0.25, 0.3) is 10.8 Å². The van der Waals surface area contributed by atoms with Crippen LogP contribution in [0.4, 0.5) is 27.5 Å². The number of likely N-dealkylation sites (N-methyl/N-ethyl adjacent to an activating group) is 1. The molecule has 0 saturated carbocycles. The first-order chi connectivity index (χ1) is 25.5. The standard InChI is InChI=1S/C41H50N6O6/c1-27-24-47(28(2)26-48)40(51)23-30-22-31(43-38(49)18-5-4-6-19-39(50)44-35-16-10-9-15-33(35)42)20-21-36(30)53-37(27)25-46(3)41(52)45-34-17-11-13-29-12-7-8-14-32(29)34/h7-17,20-22,27-28,37,48H,4-6,18-19,23-26,42H2,1-3H3,(H,43,49)(H,44,50)(H,45,52)/t27-,28+,37-/m1/s1. The van der Waals surface area contributed by atoms with Crippen LogP contribution in [0.5, 0.6) is 5.75 Å². The molecule has 0 bridgehead atoms. The second kappa shape index (κ2) is 18.2. The Morgan fingerprint density at radius 3 is 2.34 bits per heavy atom. The normalized spacial score (nSPS) is 16.3. The molecule has 0 saturated heterocycles. The van der Waals surface area contributed by atoms with Gasteiger partial charge in [0.15, 0.2) is 0 Å². The molecular weight excluding hydrogens is 672 g/mol. The van der Waals surface area contributed by atoms with Crippen LogP contribution in [0, 0.1) is 5.92 Å². The lowest BCUT2D eigenvalue weighted by Crippen LogP contribution is -2.48. The number of amides is 5. The predicted octanol–water partition coefficient (Wildman–Crippen LogP) is 6.26. The number of hydrogen-bond donors (Lipinski definition) is 5. The lowest BCUT2D eigenvalue weighted by atomic mass is 10.0. The van der Waals surface area contributed by atoms with E-state index in [2.05, 4.69) is 16.0 Å². The molecule has 0 spiro atoms. The fourth-order valence-corrected chi connectivity index (χ4v) is 6.42. The fourth-order valence-electron chi connectivity index (χ4n) is 6.42. The summed E-state index contributed by atoms with van der Waals surface area (Å²) in [6.07, 6.45) is 2.05. The van der Waals surface area contributed by atoms with Crippen LogP contribution in [0.2, 0.25) is 0 Å². The number of nitrogen functional groups attached to an aromatic ring is 1. The third-order valence-electron chi connectivity index (χ3n) is 9.57. The van der Waals surface area contributed by atoms with Crippen molar-refractivity contribution < 1.29 is 29.0 Å². The molecule has 4 aromatic carbocycles. The van der Waals surface area contributed by atoms with E-state index < -0.39 is 12.1 Å². The lowest BCUT2D eigenvalue weighted by Gasteiger charge is -2.34. The molecule has 3 atom stereocenters. The summed E-state index contributed by atoms with van der Waals surface area (Å²) in [7, 11) is 1.71. The van der Waals surface area contributed by atoms with Gasteiger partial charge in [0, 0.05) is 49.0 Å². The predicted molar refractivity (Wildman–Crippen MR) is 209 cm³/mol. The van der Waals surface area contributed by atoms with E-state index in [-0.39, 0.29) is 55.7 Å². The number of benzene rings is 4. The van der Waals surface area contributed by atoms with E-state index in [9.17, 15) is 24.3 Å². The van der Waals surface area contributed by atoms with Gasteiger partial charge in [0.05, 0.1) is 42.7 Å². The molecule has 0 aliphatic carbocycles. The van der Waals surface area contributed by atoms with Gasteiger partial charge in [-0.2, -0.15) is 0 Å². The number of hydrogen-bond acceptors (Lipinski definition) is 7. The van der Waals surface area contributed by atoms with Gasteiger partial charge in [0.25, 0.3) is 0 Å². The van der Waals surface area contributed by atoms with Crippen LogP contribution in [-0.4, -0.2) is 77.5 Å². The van der Waals surface area contributed by atoms with Crippen molar-refractivity contribution in [1.29, 1.82) is 0 Å². The van der Waals surface area contributed by atoms with E-state index in [1.54, 1.807) is 60.2 Å². The van der Waals surface area contributed by atoms with Gasteiger partial charge in [-0.1, -0.05) is 61.9 Å².